The Labute approximate surface area is 146 Å². The summed E-state index contributed by atoms with van der Waals surface area (Å²) in [4.78, 5) is 14.3. The van der Waals surface area contributed by atoms with Crippen molar-refractivity contribution in [2.24, 2.45) is 0 Å². The molecule has 3 rings (SSSR count). The highest BCUT2D eigenvalue weighted by atomic mass is 32.2. The Morgan fingerprint density at radius 1 is 1.21 bits per heavy atom. The minimum atomic E-state index is -0.338. The highest BCUT2D eigenvalue weighted by molar-refractivity contribution is 8.00. The summed E-state index contributed by atoms with van der Waals surface area (Å²) in [6.07, 6.45) is 5.93. The van der Waals surface area contributed by atoms with Gasteiger partial charge in [-0.05, 0) is 28.8 Å². The van der Waals surface area contributed by atoms with Crippen LogP contribution in [0.25, 0.3) is 0 Å². The zero-order valence-corrected chi connectivity index (χ0v) is 14.9. The predicted octanol–water partition coefficient (Wildman–Crippen LogP) is 3.10. The second-order valence-electron chi connectivity index (χ2n) is 6.34. The monoisotopic (exact) mass is 345 g/mol. The molecule has 1 fully saturated rings. The van der Waals surface area contributed by atoms with E-state index < -0.39 is 0 Å². The molecule has 1 aromatic carbocycles. The van der Waals surface area contributed by atoms with Gasteiger partial charge >= 0.3 is 0 Å². The first-order valence-electron chi connectivity index (χ1n) is 8.37. The molecule has 1 amide bonds. The minimum absolute atomic E-state index is 0.0457. The van der Waals surface area contributed by atoms with Crippen molar-refractivity contribution in [2.45, 2.75) is 48.6 Å². The van der Waals surface area contributed by atoms with Crippen LogP contribution in [0.4, 0.5) is 0 Å². The summed E-state index contributed by atoms with van der Waals surface area (Å²) in [6.45, 7) is 0. The molecule has 1 aliphatic rings. The number of hydrogen-bond acceptors (Lipinski definition) is 5. The van der Waals surface area contributed by atoms with Crippen molar-refractivity contribution in [3.8, 4) is 0 Å². The number of nitrogens with zero attached hydrogens (tertiary/aromatic N) is 5. The number of thioether (sulfide) groups is 1. The number of likely N-dealkylation sites (N-methyl/N-ethyl adjacent to an activating group) is 1. The second-order valence-corrected chi connectivity index (χ2v) is 7.41. The molecule has 1 aromatic heterocycles. The van der Waals surface area contributed by atoms with Gasteiger partial charge in [0, 0.05) is 14.1 Å². The molecule has 1 atom stereocenters. The van der Waals surface area contributed by atoms with Crippen LogP contribution in [0.1, 0.15) is 49.0 Å². The van der Waals surface area contributed by atoms with Crippen molar-refractivity contribution >= 4 is 17.7 Å². The third-order valence-corrected chi connectivity index (χ3v) is 5.56. The van der Waals surface area contributed by atoms with Crippen LogP contribution in [0.2, 0.25) is 0 Å². The summed E-state index contributed by atoms with van der Waals surface area (Å²) < 4.78 is 1.92. The van der Waals surface area contributed by atoms with Gasteiger partial charge in [-0.3, -0.25) is 4.79 Å². The summed E-state index contributed by atoms with van der Waals surface area (Å²) >= 11 is 1.44. The fourth-order valence-electron chi connectivity index (χ4n) is 3.05. The van der Waals surface area contributed by atoms with E-state index >= 15 is 0 Å². The number of tetrazole rings is 1. The first-order chi connectivity index (χ1) is 11.7. The number of carbonyl (C=O) groups is 1. The van der Waals surface area contributed by atoms with Gasteiger partial charge in [-0.15, -0.1) is 5.10 Å². The van der Waals surface area contributed by atoms with E-state index in [-0.39, 0.29) is 11.2 Å². The third kappa shape index (κ3) is 3.77. The first kappa shape index (κ1) is 17.0. The first-order valence-corrected chi connectivity index (χ1v) is 9.25. The number of carbonyl (C=O) groups excluding carboxylic acids is 1. The van der Waals surface area contributed by atoms with E-state index in [2.05, 4.69) is 15.5 Å². The number of benzene rings is 1. The molecule has 0 aliphatic heterocycles. The maximum atomic E-state index is 12.7. The molecule has 0 N–H and O–H groups in total. The van der Waals surface area contributed by atoms with Gasteiger partial charge in [0.25, 0.3) is 0 Å². The lowest BCUT2D eigenvalue weighted by Gasteiger charge is -2.24. The van der Waals surface area contributed by atoms with Crippen LogP contribution in [0.5, 0.6) is 0 Å². The fraction of sp³-hybridized carbons (Fsp3) is 0.529. The largest absolute Gasteiger partial charge is 0.348 e. The average molecular weight is 345 g/mol. The molecular formula is C17H23N5OS. The Kier molecular flexibility index (Phi) is 5.50. The van der Waals surface area contributed by atoms with E-state index in [4.69, 9.17) is 0 Å². The highest BCUT2D eigenvalue weighted by Gasteiger charge is 2.28. The topological polar surface area (TPSA) is 63.9 Å². The molecular weight excluding hydrogens is 322 g/mol. The molecule has 1 heterocycles. The highest BCUT2D eigenvalue weighted by Crippen LogP contribution is 2.37. The SMILES string of the molecule is CN(C)C(=O)C(Sc1nnnn1C1CCCCC1)c1ccccc1. The molecule has 128 valence electrons. The molecule has 24 heavy (non-hydrogen) atoms. The lowest BCUT2D eigenvalue weighted by Crippen LogP contribution is -2.27. The van der Waals surface area contributed by atoms with E-state index in [1.165, 1.54) is 31.0 Å². The number of amides is 1. The lowest BCUT2D eigenvalue weighted by atomic mass is 9.96. The van der Waals surface area contributed by atoms with Crippen LogP contribution in [0.3, 0.4) is 0 Å². The van der Waals surface area contributed by atoms with Crippen molar-refractivity contribution < 1.29 is 4.79 Å². The second kappa shape index (κ2) is 7.79. The van der Waals surface area contributed by atoms with Crippen molar-refractivity contribution in [3.05, 3.63) is 35.9 Å². The summed E-state index contributed by atoms with van der Waals surface area (Å²) in [5.41, 5.74) is 0.972. The smallest absolute Gasteiger partial charge is 0.240 e. The Hall–Kier alpha value is -1.89. The van der Waals surface area contributed by atoms with Crippen LogP contribution >= 0.6 is 11.8 Å². The molecule has 6 nitrogen and oxygen atoms in total. The van der Waals surface area contributed by atoms with Crippen molar-refractivity contribution in [1.82, 2.24) is 25.1 Å². The van der Waals surface area contributed by atoms with Gasteiger partial charge in [-0.25, -0.2) is 4.68 Å². The average Bonchev–Trinajstić information content (AvgIpc) is 3.09. The summed E-state index contributed by atoms with van der Waals surface area (Å²) in [5.74, 6) is 0.0457. The van der Waals surface area contributed by atoms with E-state index in [0.717, 1.165) is 23.6 Å². The zero-order valence-electron chi connectivity index (χ0n) is 14.1. The van der Waals surface area contributed by atoms with Gasteiger partial charge in [0.05, 0.1) is 6.04 Å². The molecule has 2 aromatic rings. The third-order valence-electron chi connectivity index (χ3n) is 4.37. The Morgan fingerprint density at radius 3 is 2.58 bits per heavy atom. The predicted molar refractivity (Wildman–Crippen MR) is 93.7 cm³/mol. The molecule has 1 unspecified atom stereocenters. The van der Waals surface area contributed by atoms with E-state index in [1.54, 1.807) is 19.0 Å². The lowest BCUT2D eigenvalue weighted by molar-refractivity contribution is -0.128. The van der Waals surface area contributed by atoms with E-state index in [0.29, 0.717) is 6.04 Å². The van der Waals surface area contributed by atoms with Gasteiger partial charge < -0.3 is 4.90 Å². The number of rotatable bonds is 5. The van der Waals surface area contributed by atoms with Crippen LogP contribution in [0, 0.1) is 0 Å². The van der Waals surface area contributed by atoms with Gasteiger partial charge in [0.2, 0.25) is 11.1 Å². The van der Waals surface area contributed by atoms with Crippen LogP contribution in [-0.4, -0.2) is 45.1 Å². The van der Waals surface area contributed by atoms with Crippen molar-refractivity contribution in [2.75, 3.05) is 14.1 Å². The Morgan fingerprint density at radius 2 is 1.92 bits per heavy atom. The van der Waals surface area contributed by atoms with Gasteiger partial charge in [-0.1, -0.05) is 61.4 Å². The maximum Gasteiger partial charge on any atom is 0.240 e. The summed E-state index contributed by atoms with van der Waals surface area (Å²) in [7, 11) is 3.56. The maximum absolute atomic E-state index is 12.7. The van der Waals surface area contributed by atoms with Crippen LogP contribution in [-0.2, 0) is 4.79 Å². The normalized spacial score (nSPS) is 16.8. The van der Waals surface area contributed by atoms with E-state index in [1.807, 2.05) is 35.0 Å². The number of hydrogen-bond donors (Lipinski definition) is 0. The van der Waals surface area contributed by atoms with Crippen molar-refractivity contribution in [3.63, 3.8) is 0 Å². The van der Waals surface area contributed by atoms with Gasteiger partial charge in [0.1, 0.15) is 5.25 Å². The quantitative estimate of drug-likeness (QED) is 0.779. The molecule has 1 aliphatic carbocycles. The molecule has 0 saturated heterocycles. The van der Waals surface area contributed by atoms with Crippen LogP contribution < -0.4 is 0 Å². The molecule has 7 heteroatoms. The summed E-state index contributed by atoms with van der Waals surface area (Å²) in [5, 5.41) is 12.6. The Bertz CT molecular complexity index is 667. The van der Waals surface area contributed by atoms with Gasteiger partial charge in [-0.2, -0.15) is 0 Å². The molecule has 0 radical (unpaired) electrons. The fourth-order valence-corrected chi connectivity index (χ4v) is 4.24. The number of aromatic nitrogens is 4. The van der Waals surface area contributed by atoms with E-state index in [9.17, 15) is 4.79 Å². The minimum Gasteiger partial charge on any atom is -0.348 e. The molecule has 0 spiro atoms. The molecule has 0 bridgehead atoms. The van der Waals surface area contributed by atoms with Crippen molar-refractivity contribution in [1.29, 1.82) is 0 Å². The van der Waals surface area contributed by atoms with Crippen LogP contribution in [0.15, 0.2) is 35.5 Å². The Balaban J connectivity index is 1.86. The zero-order chi connectivity index (χ0) is 16.9. The molecule has 1 saturated carbocycles. The summed E-state index contributed by atoms with van der Waals surface area (Å²) in [6, 6.07) is 10.2. The standard InChI is InChI=1S/C17H23N5OS/c1-21(2)16(23)15(13-9-5-3-6-10-13)24-17-18-19-20-22(17)14-11-7-4-8-12-14/h3,5-6,9-10,14-15H,4,7-8,11-12H2,1-2H3. The van der Waals surface area contributed by atoms with Gasteiger partial charge in [0.15, 0.2) is 0 Å².